The van der Waals surface area contributed by atoms with Gasteiger partial charge in [0.05, 0.1) is 0 Å². The summed E-state index contributed by atoms with van der Waals surface area (Å²) >= 11 is 0. The summed E-state index contributed by atoms with van der Waals surface area (Å²) in [6.45, 7) is 3.40. The number of hydrogen-bond acceptors (Lipinski definition) is 7. The lowest BCUT2D eigenvalue weighted by atomic mass is 9.92. The number of halogens is 2. The van der Waals surface area contributed by atoms with Gasteiger partial charge in [-0.15, -0.1) is 0 Å². The van der Waals surface area contributed by atoms with Crippen molar-refractivity contribution in [1.82, 2.24) is 20.5 Å². The lowest BCUT2D eigenvalue weighted by Crippen LogP contribution is -2.52. The molecule has 13 heteroatoms. The number of piperidine rings is 1. The van der Waals surface area contributed by atoms with E-state index < -0.39 is 18.4 Å². The highest BCUT2D eigenvalue weighted by atomic mass is 19.3. The van der Waals surface area contributed by atoms with Crippen molar-refractivity contribution >= 4 is 47.1 Å². The molecule has 1 aromatic heterocycles. The predicted octanol–water partition coefficient (Wildman–Crippen LogP) is 5.92. The van der Waals surface area contributed by atoms with E-state index in [0.717, 1.165) is 70.8 Å². The molecule has 1 atom stereocenters. The van der Waals surface area contributed by atoms with Gasteiger partial charge in [0.15, 0.2) is 0 Å². The summed E-state index contributed by atoms with van der Waals surface area (Å²) < 4.78 is 28.3. The van der Waals surface area contributed by atoms with Crippen molar-refractivity contribution < 1.29 is 32.8 Å². The van der Waals surface area contributed by atoms with Crippen LogP contribution in [0.15, 0.2) is 66.9 Å². The fraction of sp³-hybridized carbons (Fsp3) is 0.318. The fourth-order valence-electron chi connectivity index (χ4n) is 7.82. The van der Waals surface area contributed by atoms with Gasteiger partial charge in [-0.2, -0.15) is 0 Å². The molecule has 1 saturated heterocycles. The van der Waals surface area contributed by atoms with Crippen LogP contribution in [0.25, 0.3) is 11.1 Å². The van der Waals surface area contributed by atoms with Gasteiger partial charge in [-0.3, -0.25) is 34.3 Å². The van der Waals surface area contributed by atoms with Crippen LogP contribution < -0.4 is 20.4 Å². The van der Waals surface area contributed by atoms with Gasteiger partial charge in [0.25, 0.3) is 12.3 Å². The molecule has 0 spiro atoms. The number of aromatic nitrogens is 1. The number of hydrogen-bond donors (Lipinski definition) is 2. The van der Waals surface area contributed by atoms with Gasteiger partial charge < -0.3 is 20.0 Å². The lowest BCUT2D eigenvalue weighted by Gasteiger charge is -2.34. The molecule has 0 aliphatic carbocycles. The maximum atomic E-state index is 14.1. The third-order valence-electron chi connectivity index (χ3n) is 10.8. The molecule has 8 rings (SSSR count). The average Bonchev–Trinajstić information content (AvgIpc) is 3.55. The Labute approximate surface area is 329 Å². The first-order valence-corrected chi connectivity index (χ1v) is 19.0. The third-order valence-corrected chi connectivity index (χ3v) is 10.8. The number of benzene rings is 3. The number of amides is 5. The summed E-state index contributed by atoms with van der Waals surface area (Å²) in [4.78, 5) is 68.0. The zero-order valence-corrected chi connectivity index (χ0v) is 31.7. The Morgan fingerprint density at radius 3 is 2.56 bits per heavy atom. The van der Waals surface area contributed by atoms with Gasteiger partial charge in [0.1, 0.15) is 6.04 Å². The molecule has 1 unspecified atom stereocenters. The Bertz CT molecular complexity index is 2320. The maximum Gasteiger partial charge on any atom is 0.264 e. The van der Waals surface area contributed by atoms with E-state index in [0.29, 0.717) is 55.5 Å². The first kappa shape index (κ1) is 38.8. The van der Waals surface area contributed by atoms with Gasteiger partial charge in [0.2, 0.25) is 24.1 Å². The van der Waals surface area contributed by atoms with E-state index in [9.17, 15) is 32.8 Å². The maximum absolute atomic E-state index is 14.1. The van der Waals surface area contributed by atoms with E-state index in [1.165, 1.54) is 4.90 Å². The second-order valence-corrected chi connectivity index (χ2v) is 14.4. The summed E-state index contributed by atoms with van der Waals surface area (Å²) in [6, 6.07) is 18.1. The van der Waals surface area contributed by atoms with Crippen LogP contribution in [-0.4, -0.2) is 66.1 Å². The highest BCUT2D eigenvalue weighted by molar-refractivity contribution is 6.05. The number of carbonyl (C=O) groups is 5. The van der Waals surface area contributed by atoms with E-state index in [2.05, 4.69) is 38.4 Å². The molecule has 2 N–H and O–H groups in total. The SMILES string of the molecule is Cc1ccc(-c2cc3c(cc2C(F)F)N(c2ccc4c(c2)N(C)C(=O)CC4)CCC3)cn1.O=CNCCC#Cc1cccc2c1CN(C1CCC(=O)NC1=O)C2=O. The predicted molar refractivity (Wildman–Crippen MR) is 211 cm³/mol. The first-order chi connectivity index (χ1) is 27.5. The van der Waals surface area contributed by atoms with Gasteiger partial charge in [-0.05, 0) is 97.3 Å². The van der Waals surface area contributed by atoms with Crippen LogP contribution in [-0.2, 0) is 38.6 Å². The third kappa shape index (κ3) is 8.12. The second-order valence-electron chi connectivity index (χ2n) is 14.4. The molecule has 1 fully saturated rings. The number of nitrogens with zero attached hydrogens (tertiary/aromatic N) is 4. The molecule has 292 valence electrons. The van der Waals surface area contributed by atoms with Crippen molar-refractivity contribution in [2.24, 2.45) is 0 Å². The van der Waals surface area contributed by atoms with Crippen LogP contribution >= 0.6 is 0 Å². The molecule has 5 amide bonds. The van der Waals surface area contributed by atoms with Gasteiger partial charge in [-0.1, -0.05) is 30.0 Å². The molecular formula is C44H42F2N6O5. The average molecular weight is 773 g/mol. The zero-order chi connectivity index (χ0) is 40.2. The Morgan fingerprint density at radius 1 is 0.965 bits per heavy atom. The van der Waals surface area contributed by atoms with E-state index >= 15 is 0 Å². The van der Waals surface area contributed by atoms with Crippen LogP contribution in [0, 0.1) is 18.8 Å². The van der Waals surface area contributed by atoms with E-state index in [-0.39, 0.29) is 29.7 Å². The number of anilines is 3. The van der Waals surface area contributed by atoms with Gasteiger partial charge in [-0.25, -0.2) is 8.78 Å². The van der Waals surface area contributed by atoms with Crippen molar-refractivity contribution in [1.29, 1.82) is 0 Å². The highest BCUT2D eigenvalue weighted by Gasteiger charge is 2.39. The number of imide groups is 1. The Kier molecular flexibility index (Phi) is 11.4. The minimum absolute atomic E-state index is 0.0200. The van der Waals surface area contributed by atoms with Gasteiger partial charge in [0, 0.05) is 97.2 Å². The molecule has 5 heterocycles. The number of nitrogens with one attached hydrogen (secondary N) is 2. The number of fused-ring (bicyclic) bond motifs is 3. The molecule has 0 saturated carbocycles. The van der Waals surface area contributed by atoms with Crippen LogP contribution in [0.3, 0.4) is 0 Å². The molecule has 57 heavy (non-hydrogen) atoms. The lowest BCUT2D eigenvalue weighted by molar-refractivity contribution is -0.137. The van der Waals surface area contributed by atoms with E-state index in [1.54, 1.807) is 36.3 Å². The molecule has 4 aliphatic rings. The fourth-order valence-corrected chi connectivity index (χ4v) is 7.82. The summed E-state index contributed by atoms with van der Waals surface area (Å²) in [6.07, 6.45) is 3.79. The van der Waals surface area contributed by atoms with Crippen LogP contribution in [0.2, 0.25) is 0 Å². The van der Waals surface area contributed by atoms with E-state index in [1.807, 2.05) is 43.3 Å². The summed E-state index contributed by atoms with van der Waals surface area (Å²) in [5.74, 6) is 5.15. The smallest absolute Gasteiger partial charge is 0.264 e. The number of pyridine rings is 1. The largest absolute Gasteiger partial charge is 0.358 e. The number of rotatable bonds is 7. The van der Waals surface area contributed by atoms with Crippen LogP contribution in [0.4, 0.5) is 25.8 Å². The van der Waals surface area contributed by atoms with Crippen molar-refractivity contribution in [2.75, 3.05) is 29.9 Å². The zero-order valence-electron chi connectivity index (χ0n) is 31.7. The minimum atomic E-state index is -2.59. The molecule has 0 bridgehead atoms. The Balaban J connectivity index is 0.000000180. The summed E-state index contributed by atoms with van der Waals surface area (Å²) in [7, 11) is 1.80. The number of aryl methyl sites for hydroxylation is 3. The quantitative estimate of drug-likeness (QED) is 0.103. The molecule has 0 radical (unpaired) electrons. The second kappa shape index (κ2) is 16.8. The molecule has 11 nitrogen and oxygen atoms in total. The standard InChI is InChI=1S/C26H25F2N3O.C18H17N3O4/c1-16-5-6-19(15-29-16)21-12-18-4-3-11-31(24(18)14-22(21)26(27)28)20-9-7-17-8-10-25(32)30(2)23(17)13-20;22-11-19-9-2-1-4-12-5-3-6-13-14(12)10-21(18(13)25)15-7-8-16(23)20-17(15)24/h5-7,9,12-15,26H,3-4,8,10-11H2,1-2H3;3,5-6,11,15H,2,7-10H2,(H,19,22)(H,20,23,24). The minimum Gasteiger partial charge on any atom is -0.358 e. The Morgan fingerprint density at radius 2 is 1.81 bits per heavy atom. The van der Waals surface area contributed by atoms with Crippen LogP contribution in [0.1, 0.15) is 82.4 Å². The molecule has 3 aromatic carbocycles. The highest BCUT2D eigenvalue weighted by Crippen LogP contribution is 2.42. The Hall–Kier alpha value is -6.42. The number of alkyl halides is 2. The van der Waals surface area contributed by atoms with Crippen molar-refractivity contribution in [3.63, 3.8) is 0 Å². The van der Waals surface area contributed by atoms with Crippen molar-refractivity contribution in [2.45, 2.75) is 70.9 Å². The topological polar surface area (TPSA) is 132 Å². The first-order valence-electron chi connectivity index (χ1n) is 19.0. The van der Waals surface area contributed by atoms with Gasteiger partial charge >= 0.3 is 0 Å². The normalized spacial score (nSPS) is 17.1. The summed E-state index contributed by atoms with van der Waals surface area (Å²) in [5.41, 5.74) is 9.06. The summed E-state index contributed by atoms with van der Waals surface area (Å²) in [5, 5.41) is 4.82. The molecule has 4 aromatic rings. The van der Waals surface area contributed by atoms with Crippen molar-refractivity contribution in [3.05, 3.63) is 106 Å². The van der Waals surface area contributed by atoms with E-state index in [4.69, 9.17) is 0 Å². The molecule has 4 aliphatic heterocycles. The van der Waals surface area contributed by atoms with Crippen LogP contribution in [0.5, 0.6) is 0 Å². The number of carbonyl (C=O) groups excluding carboxylic acids is 5. The monoisotopic (exact) mass is 772 g/mol. The van der Waals surface area contributed by atoms with Crippen molar-refractivity contribution in [3.8, 4) is 23.0 Å². The molecular weight excluding hydrogens is 731 g/mol.